The van der Waals surface area contributed by atoms with E-state index in [2.05, 4.69) is 26.6 Å². The van der Waals surface area contributed by atoms with Gasteiger partial charge in [-0.25, -0.2) is 0 Å². The van der Waals surface area contributed by atoms with E-state index in [1.807, 2.05) is 0 Å². The fourth-order valence-electron chi connectivity index (χ4n) is 2.64. The van der Waals surface area contributed by atoms with E-state index >= 15 is 0 Å². The van der Waals surface area contributed by atoms with Crippen molar-refractivity contribution in [3.63, 3.8) is 0 Å². The van der Waals surface area contributed by atoms with E-state index in [-0.39, 0.29) is 5.97 Å². The molecule has 132 valence electrons. The SMILES string of the molecule is CCCCCC(=O)OC1(C=O)CCC(O[Si](C)(C)C)=CC1OC. The van der Waals surface area contributed by atoms with Crippen LogP contribution in [0.15, 0.2) is 11.8 Å². The van der Waals surface area contributed by atoms with Crippen molar-refractivity contribution in [2.45, 2.75) is 76.8 Å². The quantitative estimate of drug-likeness (QED) is 0.277. The highest BCUT2D eigenvalue weighted by molar-refractivity contribution is 6.70. The fourth-order valence-corrected chi connectivity index (χ4v) is 3.60. The van der Waals surface area contributed by atoms with Crippen molar-refractivity contribution in [3.8, 4) is 0 Å². The maximum Gasteiger partial charge on any atom is 0.306 e. The summed E-state index contributed by atoms with van der Waals surface area (Å²) < 4.78 is 17.0. The number of carbonyl (C=O) groups excluding carboxylic acids is 2. The minimum atomic E-state index is -1.72. The Morgan fingerprint density at radius 3 is 2.61 bits per heavy atom. The Hall–Kier alpha value is -1.14. The van der Waals surface area contributed by atoms with E-state index < -0.39 is 20.0 Å². The average molecular weight is 343 g/mol. The first-order valence-electron chi connectivity index (χ1n) is 8.37. The molecule has 0 aromatic heterocycles. The standard InChI is InChI=1S/C17H30O5Si/c1-6-7-8-9-16(19)21-17(13-18)11-10-14(12-15(17)20-2)22-23(3,4)5/h12-13,15H,6-11H2,1-5H3. The zero-order valence-corrected chi connectivity index (χ0v) is 16.0. The van der Waals surface area contributed by atoms with E-state index in [9.17, 15) is 9.59 Å². The van der Waals surface area contributed by atoms with E-state index in [0.29, 0.717) is 25.5 Å². The van der Waals surface area contributed by atoms with Crippen LogP contribution >= 0.6 is 0 Å². The second-order valence-electron chi connectivity index (χ2n) is 7.01. The predicted molar refractivity (Wildman–Crippen MR) is 91.6 cm³/mol. The lowest BCUT2D eigenvalue weighted by atomic mass is 9.86. The van der Waals surface area contributed by atoms with Crippen LogP contribution in [-0.2, 0) is 23.5 Å². The number of unbranched alkanes of at least 4 members (excludes halogenated alkanes) is 2. The molecule has 0 radical (unpaired) electrons. The Kier molecular flexibility index (Phi) is 7.47. The van der Waals surface area contributed by atoms with Crippen LogP contribution in [0.2, 0.25) is 19.6 Å². The summed E-state index contributed by atoms with van der Waals surface area (Å²) in [4.78, 5) is 23.7. The molecule has 2 unspecified atom stereocenters. The molecule has 1 rings (SSSR count). The van der Waals surface area contributed by atoms with Crippen LogP contribution in [0.3, 0.4) is 0 Å². The summed E-state index contributed by atoms with van der Waals surface area (Å²) in [6.07, 6.45) is 5.99. The van der Waals surface area contributed by atoms with Gasteiger partial charge in [-0.1, -0.05) is 19.8 Å². The van der Waals surface area contributed by atoms with Crippen LogP contribution in [0.4, 0.5) is 0 Å². The molecule has 0 aromatic carbocycles. The first-order chi connectivity index (χ1) is 10.8. The molecule has 1 aliphatic rings. The number of hydrogen-bond acceptors (Lipinski definition) is 5. The molecule has 0 heterocycles. The molecule has 6 heteroatoms. The Balaban J connectivity index is 2.81. The molecule has 1 aliphatic carbocycles. The van der Waals surface area contributed by atoms with Crippen molar-refractivity contribution in [1.29, 1.82) is 0 Å². The number of hydrogen-bond donors (Lipinski definition) is 0. The zero-order valence-electron chi connectivity index (χ0n) is 15.0. The molecule has 0 fully saturated rings. The number of rotatable bonds is 9. The summed E-state index contributed by atoms with van der Waals surface area (Å²) in [5, 5.41) is 0. The summed E-state index contributed by atoms with van der Waals surface area (Å²) in [5.74, 6) is 0.492. The second-order valence-corrected chi connectivity index (χ2v) is 11.4. The van der Waals surface area contributed by atoms with Crippen molar-refractivity contribution in [2.75, 3.05) is 7.11 Å². The van der Waals surface area contributed by atoms with Gasteiger partial charge in [-0.15, -0.1) is 0 Å². The molecule has 0 N–H and O–H groups in total. The van der Waals surface area contributed by atoms with Gasteiger partial charge in [-0.2, -0.15) is 0 Å². The highest BCUT2D eigenvalue weighted by Gasteiger charge is 2.45. The monoisotopic (exact) mass is 342 g/mol. The van der Waals surface area contributed by atoms with Gasteiger partial charge in [0.15, 0.2) is 11.9 Å². The lowest BCUT2D eigenvalue weighted by Crippen LogP contribution is -2.50. The number of carbonyl (C=O) groups is 2. The van der Waals surface area contributed by atoms with Crippen molar-refractivity contribution in [3.05, 3.63) is 11.8 Å². The van der Waals surface area contributed by atoms with Crippen molar-refractivity contribution >= 4 is 20.6 Å². The van der Waals surface area contributed by atoms with Gasteiger partial charge in [0, 0.05) is 26.4 Å². The fraction of sp³-hybridized carbons (Fsp3) is 0.765. The van der Waals surface area contributed by atoms with Crippen LogP contribution in [-0.4, -0.2) is 39.4 Å². The first kappa shape index (κ1) is 19.9. The van der Waals surface area contributed by atoms with Gasteiger partial charge >= 0.3 is 5.97 Å². The van der Waals surface area contributed by atoms with E-state index in [1.165, 1.54) is 7.11 Å². The maximum atomic E-state index is 12.0. The number of aldehydes is 1. The molecular weight excluding hydrogens is 312 g/mol. The normalized spacial score (nSPS) is 24.7. The largest absolute Gasteiger partial charge is 0.547 e. The van der Waals surface area contributed by atoms with Gasteiger partial charge in [0.25, 0.3) is 0 Å². The Morgan fingerprint density at radius 1 is 1.39 bits per heavy atom. The van der Waals surface area contributed by atoms with Gasteiger partial charge in [-0.3, -0.25) is 9.59 Å². The molecule has 23 heavy (non-hydrogen) atoms. The maximum absolute atomic E-state index is 12.0. The minimum absolute atomic E-state index is 0.335. The zero-order chi connectivity index (χ0) is 17.5. The summed E-state index contributed by atoms with van der Waals surface area (Å²) in [6, 6.07) is 0. The molecule has 0 saturated heterocycles. The number of allylic oxidation sites excluding steroid dienone is 1. The average Bonchev–Trinajstić information content (AvgIpc) is 2.47. The summed E-state index contributed by atoms with van der Waals surface area (Å²) in [6.45, 7) is 8.38. The summed E-state index contributed by atoms with van der Waals surface area (Å²) in [5.41, 5.74) is -1.23. The topological polar surface area (TPSA) is 61.8 Å². The second kappa shape index (κ2) is 8.64. The van der Waals surface area contributed by atoms with E-state index in [1.54, 1.807) is 6.08 Å². The van der Waals surface area contributed by atoms with Crippen LogP contribution < -0.4 is 0 Å². The molecule has 2 atom stereocenters. The van der Waals surface area contributed by atoms with Gasteiger partial charge in [0.1, 0.15) is 6.10 Å². The molecule has 0 amide bonds. The molecular formula is C17H30O5Si. The molecule has 0 aliphatic heterocycles. The van der Waals surface area contributed by atoms with Crippen LogP contribution in [0, 0.1) is 0 Å². The van der Waals surface area contributed by atoms with Crippen LogP contribution in [0.25, 0.3) is 0 Å². The van der Waals surface area contributed by atoms with Crippen LogP contribution in [0.1, 0.15) is 45.4 Å². The minimum Gasteiger partial charge on any atom is -0.547 e. The molecule has 0 aromatic rings. The number of ether oxygens (including phenoxy) is 2. The third kappa shape index (κ3) is 6.10. The summed E-state index contributed by atoms with van der Waals surface area (Å²) in [7, 11) is -0.202. The van der Waals surface area contributed by atoms with Crippen molar-refractivity contribution in [1.82, 2.24) is 0 Å². The lowest BCUT2D eigenvalue weighted by Gasteiger charge is -2.38. The van der Waals surface area contributed by atoms with Gasteiger partial charge in [0.05, 0.1) is 5.76 Å². The Bertz CT molecular complexity index is 441. The van der Waals surface area contributed by atoms with Gasteiger partial charge in [0.2, 0.25) is 8.32 Å². The third-order valence-electron chi connectivity index (χ3n) is 3.76. The smallest absolute Gasteiger partial charge is 0.306 e. The van der Waals surface area contributed by atoms with Gasteiger partial charge < -0.3 is 13.9 Å². The van der Waals surface area contributed by atoms with Crippen LogP contribution in [0.5, 0.6) is 0 Å². The highest BCUT2D eigenvalue weighted by Crippen LogP contribution is 2.33. The molecule has 5 nitrogen and oxygen atoms in total. The Morgan fingerprint density at radius 2 is 2.09 bits per heavy atom. The first-order valence-corrected chi connectivity index (χ1v) is 11.8. The highest BCUT2D eigenvalue weighted by atomic mass is 28.4. The molecule has 0 bridgehead atoms. The van der Waals surface area contributed by atoms with Crippen molar-refractivity contribution in [2.24, 2.45) is 0 Å². The van der Waals surface area contributed by atoms with E-state index in [0.717, 1.165) is 25.0 Å². The number of esters is 1. The lowest BCUT2D eigenvalue weighted by molar-refractivity contribution is -0.176. The third-order valence-corrected chi connectivity index (χ3v) is 4.63. The van der Waals surface area contributed by atoms with Gasteiger partial charge in [-0.05, 0) is 32.1 Å². The number of methoxy groups -OCH3 is 1. The Labute approximate surface area is 140 Å². The molecule has 0 spiro atoms. The predicted octanol–water partition coefficient (Wildman–Crippen LogP) is 3.59. The summed E-state index contributed by atoms with van der Waals surface area (Å²) >= 11 is 0. The van der Waals surface area contributed by atoms with Crippen molar-refractivity contribution < 1.29 is 23.5 Å². The van der Waals surface area contributed by atoms with E-state index in [4.69, 9.17) is 13.9 Å². The molecule has 0 saturated carbocycles.